The number of hydrogen-bond acceptors (Lipinski definition) is 3. The Bertz CT molecular complexity index is 495. The lowest BCUT2D eigenvalue weighted by atomic mass is 10.1. The van der Waals surface area contributed by atoms with Gasteiger partial charge in [0.2, 0.25) is 0 Å². The molecule has 1 heterocycles. The van der Waals surface area contributed by atoms with Crippen LogP contribution in [-0.4, -0.2) is 16.6 Å². The van der Waals surface area contributed by atoms with Gasteiger partial charge in [-0.3, -0.25) is 4.79 Å². The van der Waals surface area contributed by atoms with Crippen molar-refractivity contribution >= 4 is 44.4 Å². The summed E-state index contributed by atoms with van der Waals surface area (Å²) in [5.74, 6) is -0.151. The predicted molar refractivity (Wildman–Crippen MR) is 56.8 cm³/mol. The normalized spacial score (nSPS) is 10.7. The van der Waals surface area contributed by atoms with Crippen LogP contribution in [0.2, 0.25) is 0 Å². The number of carbonyl (C=O) groups is 1. The molecule has 0 saturated carbocycles. The van der Waals surface area contributed by atoms with Gasteiger partial charge in [0.15, 0.2) is 11.4 Å². The van der Waals surface area contributed by atoms with E-state index in [9.17, 15) is 4.79 Å². The fraction of sp³-hybridized carbons (Fsp3) is 0.111. The molecule has 3 nitrogen and oxygen atoms in total. The zero-order valence-corrected chi connectivity index (χ0v) is 9.30. The Hall–Kier alpha value is -0.870. The Labute approximate surface area is 93.2 Å². The topological polar surface area (TPSA) is 43.1 Å². The second kappa shape index (κ2) is 3.71. The van der Waals surface area contributed by atoms with Crippen LogP contribution in [-0.2, 0) is 0 Å². The SMILES string of the molecule is O=C(CCl)c1ccc2nc(Br)oc2c1. The molecule has 0 spiro atoms. The molecule has 14 heavy (non-hydrogen) atoms. The third-order valence-corrected chi connectivity index (χ3v) is 2.39. The second-order valence-corrected chi connectivity index (χ2v) is 3.65. The molecular weight excluding hydrogens is 269 g/mol. The van der Waals surface area contributed by atoms with Crippen molar-refractivity contribution in [3.05, 3.63) is 28.6 Å². The minimum atomic E-state index is -0.124. The van der Waals surface area contributed by atoms with Crippen LogP contribution in [0, 0.1) is 0 Å². The van der Waals surface area contributed by atoms with Crippen molar-refractivity contribution in [2.24, 2.45) is 0 Å². The molecule has 0 unspecified atom stereocenters. The summed E-state index contributed by atoms with van der Waals surface area (Å²) < 4.78 is 5.21. The molecule has 0 atom stereocenters. The van der Waals surface area contributed by atoms with Gasteiger partial charge in [-0.2, -0.15) is 0 Å². The lowest BCUT2D eigenvalue weighted by Crippen LogP contribution is -1.99. The summed E-state index contributed by atoms with van der Waals surface area (Å²) in [5, 5.41) is 0. The molecule has 0 amide bonds. The highest BCUT2D eigenvalue weighted by Gasteiger charge is 2.08. The van der Waals surface area contributed by atoms with E-state index in [2.05, 4.69) is 20.9 Å². The molecule has 72 valence electrons. The van der Waals surface area contributed by atoms with Crippen LogP contribution in [0.3, 0.4) is 0 Å². The van der Waals surface area contributed by atoms with Gasteiger partial charge in [-0.15, -0.1) is 11.6 Å². The largest absolute Gasteiger partial charge is 0.431 e. The highest BCUT2D eigenvalue weighted by Crippen LogP contribution is 2.20. The molecule has 0 saturated heterocycles. The molecule has 5 heteroatoms. The molecule has 1 aromatic heterocycles. The van der Waals surface area contributed by atoms with Crippen molar-refractivity contribution in [2.45, 2.75) is 0 Å². The van der Waals surface area contributed by atoms with Crippen LogP contribution in [0.1, 0.15) is 10.4 Å². The molecule has 2 rings (SSSR count). The maximum absolute atomic E-state index is 11.3. The first-order chi connectivity index (χ1) is 6.70. The second-order valence-electron chi connectivity index (χ2n) is 2.71. The van der Waals surface area contributed by atoms with Crippen molar-refractivity contribution in [1.82, 2.24) is 4.98 Å². The van der Waals surface area contributed by atoms with E-state index in [1.54, 1.807) is 18.2 Å². The van der Waals surface area contributed by atoms with Crippen molar-refractivity contribution in [2.75, 3.05) is 5.88 Å². The predicted octanol–water partition coefficient (Wildman–Crippen LogP) is 3.01. The molecule has 0 N–H and O–H groups in total. The molecule has 0 aliphatic rings. The monoisotopic (exact) mass is 273 g/mol. The van der Waals surface area contributed by atoms with E-state index >= 15 is 0 Å². The van der Waals surface area contributed by atoms with Crippen molar-refractivity contribution in [3.63, 3.8) is 0 Å². The summed E-state index contributed by atoms with van der Waals surface area (Å²) >= 11 is 8.55. The summed E-state index contributed by atoms with van der Waals surface area (Å²) in [6.07, 6.45) is 0. The fourth-order valence-corrected chi connectivity index (χ4v) is 1.67. The summed E-state index contributed by atoms with van der Waals surface area (Å²) in [5.41, 5.74) is 1.83. The van der Waals surface area contributed by atoms with Gasteiger partial charge in [-0.25, -0.2) is 4.98 Å². The van der Waals surface area contributed by atoms with Crippen LogP contribution in [0.5, 0.6) is 0 Å². The van der Waals surface area contributed by atoms with E-state index < -0.39 is 0 Å². The van der Waals surface area contributed by atoms with Crippen LogP contribution in [0.15, 0.2) is 27.4 Å². The number of alkyl halides is 1. The van der Waals surface area contributed by atoms with E-state index in [0.29, 0.717) is 21.5 Å². The maximum atomic E-state index is 11.3. The summed E-state index contributed by atoms with van der Waals surface area (Å²) in [6, 6.07) is 5.04. The average Bonchev–Trinajstić information content (AvgIpc) is 2.55. The van der Waals surface area contributed by atoms with Crippen molar-refractivity contribution < 1.29 is 9.21 Å². The van der Waals surface area contributed by atoms with Crippen molar-refractivity contribution in [3.8, 4) is 0 Å². The Morgan fingerprint density at radius 3 is 3.07 bits per heavy atom. The Morgan fingerprint density at radius 1 is 1.57 bits per heavy atom. The molecular formula is C9H5BrClNO2. The third kappa shape index (κ3) is 1.67. The number of hydrogen-bond donors (Lipinski definition) is 0. The number of nitrogens with zero attached hydrogens (tertiary/aromatic N) is 1. The van der Waals surface area contributed by atoms with Gasteiger partial charge < -0.3 is 4.42 Å². The lowest BCUT2D eigenvalue weighted by molar-refractivity contribution is 0.102. The highest BCUT2D eigenvalue weighted by atomic mass is 79.9. The van der Waals surface area contributed by atoms with E-state index in [1.165, 1.54) is 0 Å². The number of oxazole rings is 1. The van der Waals surface area contributed by atoms with Crippen molar-refractivity contribution in [1.29, 1.82) is 0 Å². The number of fused-ring (bicyclic) bond motifs is 1. The highest BCUT2D eigenvalue weighted by molar-refractivity contribution is 9.10. The molecule has 2 aromatic rings. The molecule has 0 bridgehead atoms. The molecule has 1 aromatic carbocycles. The summed E-state index contributed by atoms with van der Waals surface area (Å²) in [4.78, 5) is 15.7. The zero-order chi connectivity index (χ0) is 10.1. The number of aromatic nitrogens is 1. The first-order valence-electron chi connectivity index (χ1n) is 3.86. The van der Waals surface area contributed by atoms with E-state index in [-0.39, 0.29) is 11.7 Å². The average molecular weight is 275 g/mol. The standard InChI is InChI=1S/C9H5BrClNO2/c10-9-12-6-2-1-5(7(13)4-11)3-8(6)14-9/h1-3H,4H2. The van der Waals surface area contributed by atoms with Gasteiger partial charge in [0.1, 0.15) is 5.52 Å². The Kier molecular flexibility index (Phi) is 2.56. The molecule has 0 aliphatic heterocycles. The van der Waals surface area contributed by atoms with Crippen LogP contribution < -0.4 is 0 Å². The quantitative estimate of drug-likeness (QED) is 0.624. The fourth-order valence-electron chi connectivity index (χ4n) is 1.15. The smallest absolute Gasteiger partial charge is 0.265 e. The number of rotatable bonds is 2. The van der Waals surface area contributed by atoms with Gasteiger partial charge in [0.25, 0.3) is 4.80 Å². The Balaban J connectivity index is 2.55. The molecule has 0 radical (unpaired) electrons. The number of ketones is 1. The lowest BCUT2D eigenvalue weighted by Gasteiger charge is -1.94. The zero-order valence-electron chi connectivity index (χ0n) is 6.96. The first-order valence-corrected chi connectivity index (χ1v) is 5.18. The van der Waals surface area contributed by atoms with E-state index in [0.717, 1.165) is 0 Å². The summed E-state index contributed by atoms with van der Waals surface area (Å²) in [6.45, 7) is 0. The van der Waals surface area contributed by atoms with E-state index in [4.69, 9.17) is 16.0 Å². The van der Waals surface area contributed by atoms with Crippen LogP contribution in [0.4, 0.5) is 0 Å². The van der Waals surface area contributed by atoms with Gasteiger partial charge in [-0.1, -0.05) is 0 Å². The number of carbonyl (C=O) groups excluding carboxylic acids is 1. The van der Waals surface area contributed by atoms with E-state index in [1.807, 2.05) is 0 Å². The van der Waals surface area contributed by atoms with Gasteiger partial charge in [-0.05, 0) is 18.2 Å². The number of Topliss-reactive ketones (excluding diaryl/α,β-unsaturated/α-hetero) is 1. The third-order valence-electron chi connectivity index (χ3n) is 1.81. The number of benzene rings is 1. The van der Waals surface area contributed by atoms with Gasteiger partial charge >= 0.3 is 0 Å². The van der Waals surface area contributed by atoms with Crippen LogP contribution in [0.25, 0.3) is 11.1 Å². The van der Waals surface area contributed by atoms with Gasteiger partial charge in [0.05, 0.1) is 5.88 Å². The maximum Gasteiger partial charge on any atom is 0.265 e. The van der Waals surface area contributed by atoms with Crippen LogP contribution >= 0.6 is 27.5 Å². The Morgan fingerprint density at radius 2 is 2.36 bits per heavy atom. The molecule has 0 fully saturated rings. The first kappa shape index (κ1) is 9.68. The summed E-state index contributed by atoms with van der Waals surface area (Å²) in [7, 11) is 0. The van der Waals surface area contributed by atoms with Gasteiger partial charge in [0, 0.05) is 21.5 Å². The molecule has 0 aliphatic carbocycles. The minimum absolute atomic E-state index is 0.0270. The number of halogens is 2. The minimum Gasteiger partial charge on any atom is -0.431 e.